The summed E-state index contributed by atoms with van der Waals surface area (Å²) in [6.45, 7) is 0. The summed E-state index contributed by atoms with van der Waals surface area (Å²) >= 11 is 3.85. The molecule has 0 aromatic carbocycles. The zero-order valence-electron chi connectivity index (χ0n) is 5.32. The quantitative estimate of drug-likeness (QED) is 0.535. The molecular formula is C6H8N2OS. The van der Waals surface area contributed by atoms with E-state index in [1.54, 1.807) is 24.8 Å². The maximum Gasteiger partial charge on any atom is 0.240 e. The van der Waals surface area contributed by atoms with E-state index < -0.39 is 0 Å². The van der Waals surface area contributed by atoms with E-state index >= 15 is 0 Å². The minimum atomic E-state index is -0.0302. The molecule has 1 aliphatic heterocycles. The lowest BCUT2D eigenvalue weighted by atomic mass is 10.5. The molecule has 3 nitrogen and oxygen atoms in total. The van der Waals surface area contributed by atoms with E-state index in [0.717, 1.165) is 0 Å². The maximum absolute atomic E-state index is 10.9. The smallest absolute Gasteiger partial charge is 0.240 e. The molecule has 0 saturated carbocycles. The number of rotatable bonds is 1. The zero-order valence-corrected chi connectivity index (χ0v) is 6.21. The van der Waals surface area contributed by atoms with Crippen LogP contribution in [0.25, 0.3) is 0 Å². The highest BCUT2D eigenvalue weighted by Crippen LogP contribution is 1.97. The topological polar surface area (TPSA) is 32.3 Å². The number of thiol groups is 1. The monoisotopic (exact) mass is 156 g/mol. The third-order valence-corrected chi connectivity index (χ3v) is 1.36. The maximum atomic E-state index is 10.9. The van der Waals surface area contributed by atoms with Crippen molar-refractivity contribution in [3.05, 3.63) is 24.8 Å². The fraction of sp³-hybridized carbons (Fsp3) is 0.167. The molecule has 0 fully saturated rings. The average molecular weight is 156 g/mol. The van der Waals surface area contributed by atoms with E-state index in [2.05, 4.69) is 17.9 Å². The van der Waals surface area contributed by atoms with E-state index in [9.17, 15) is 4.79 Å². The molecule has 1 N–H and O–H groups in total. The second-order valence-electron chi connectivity index (χ2n) is 1.76. The lowest BCUT2D eigenvalue weighted by molar-refractivity contribution is -0.123. The number of hydrogen-bond donors (Lipinski definition) is 2. The molecule has 0 aromatic heterocycles. The van der Waals surface area contributed by atoms with Gasteiger partial charge in [-0.05, 0) is 0 Å². The van der Waals surface area contributed by atoms with E-state index in [4.69, 9.17) is 0 Å². The summed E-state index contributed by atoms with van der Waals surface area (Å²) in [4.78, 5) is 12.4. The van der Waals surface area contributed by atoms with Crippen molar-refractivity contribution in [3.63, 3.8) is 0 Å². The van der Waals surface area contributed by atoms with Crippen LogP contribution in [0.3, 0.4) is 0 Å². The van der Waals surface area contributed by atoms with Crippen LogP contribution in [0.15, 0.2) is 24.8 Å². The number of nitrogens with one attached hydrogen (secondary N) is 1. The van der Waals surface area contributed by atoms with Crippen LogP contribution in [0.2, 0.25) is 0 Å². The number of amides is 1. The van der Waals surface area contributed by atoms with E-state index in [1.165, 1.54) is 4.90 Å². The minimum absolute atomic E-state index is 0.0302. The third kappa shape index (κ3) is 1.54. The Morgan fingerprint density at radius 1 is 1.50 bits per heavy atom. The number of carbonyl (C=O) groups is 1. The van der Waals surface area contributed by atoms with Crippen molar-refractivity contribution >= 4 is 18.5 Å². The Kier molecular flexibility index (Phi) is 2.39. The number of nitrogens with zero attached hydrogens (tertiary/aromatic N) is 1. The zero-order chi connectivity index (χ0) is 7.40. The minimum Gasteiger partial charge on any atom is -0.365 e. The van der Waals surface area contributed by atoms with Crippen LogP contribution in [0.1, 0.15) is 0 Å². The van der Waals surface area contributed by atoms with E-state index in [0.29, 0.717) is 0 Å². The highest BCUT2D eigenvalue weighted by atomic mass is 32.1. The molecule has 4 heteroatoms. The molecule has 54 valence electrons. The van der Waals surface area contributed by atoms with Crippen molar-refractivity contribution < 1.29 is 4.79 Å². The van der Waals surface area contributed by atoms with Gasteiger partial charge in [0.05, 0.1) is 5.75 Å². The molecule has 0 radical (unpaired) electrons. The van der Waals surface area contributed by atoms with E-state index in [1.807, 2.05) is 0 Å². The summed E-state index contributed by atoms with van der Waals surface area (Å²) in [6, 6.07) is 0. The van der Waals surface area contributed by atoms with Gasteiger partial charge in [-0.3, -0.25) is 9.69 Å². The van der Waals surface area contributed by atoms with Crippen LogP contribution < -0.4 is 5.32 Å². The Balaban J connectivity index is 2.55. The van der Waals surface area contributed by atoms with Crippen LogP contribution >= 0.6 is 12.6 Å². The van der Waals surface area contributed by atoms with Gasteiger partial charge in [0, 0.05) is 24.8 Å². The Bertz CT molecular complexity index is 176. The van der Waals surface area contributed by atoms with Crippen molar-refractivity contribution in [1.82, 2.24) is 10.2 Å². The van der Waals surface area contributed by atoms with Gasteiger partial charge in [0.1, 0.15) is 0 Å². The molecule has 1 aliphatic rings. The summed E-state index contributed by atoms with van der Waals surface area (Å²) < 4.78 is 0. The lowest BCUT2D eigenvalue weighted by Crippen LogP contribution is -2.24. The average Bonchev–Trinajstić information content (AvgIpc) is 2.05. The standard InChI is InChI=1S/C6H8N2OS/c9-6(5-10)8-3-1-7-2-4-8/h1-4,7,10H,5H2. The Labute approximate surface area is 64.8 Å². The summed E-state index contributed by atoms with van der Waals surface area (Å²) in [5.74, 6) is 0.201. The first kappa shape index (κ1) is 7.21. The predicted octanol–water partition coefficient (Wildman–Crippen LogP) is 0.290. The van der Waals surface area contributed by atoms with Gasteiger partial charge < -0.3 is 5.32 Å². The highest BCUT2D eigenvalue weighted by Gasteiger charge is 2.05. The summed E-state index contributed by atoms with van der Waals surface area (Å²) in [5, 5.41) is 2.81. The fourth-order valence-corrected chi connectivity index (χ4v) is 0.763. The van der Waals surface area contributed by atoms with Gasteiger partial charge in [-0.15, -0.1) is 0 Å². The predicted molar refractivity (Wildman–Crippen MR) is 42.1 cm³/mol. The lowest BCUT2D eigenvalue weighted by Gasteiger charge is -2.14. The van der Waals surface area contributed by atoms with Gasteiger partial charge in [0.2, 0.25) is 5.91 Å². The van der Waals surface area contributed by atoms with Gasteiger partial charge in [0.25, 0.3) is 0 Å². The highest BCUT2D eigenvalue weighted by molar-refractivity contribution is 7.81. The molecule has 0 spiro atoms. The molecule has 0 atom stereocenters. The second kappa shape index (κ2) is 3.31. The van der Waals surface area contributed by atoms with Crippen LogP contribution in [0.4, 0.5) is 0 Å². The molecule has 0 unspecified atom stereocenters. The van der Waals surface area contributed by atoms with Crippen molar-refractivity contribution in [1.29, 1.82) is 0 Å². The Morgan fingerprint density at radius 2 is 2.10 bits per heavy atom. The molecule has 10 heavy (non-hydrogen) atoms. The van der Waals surface area contributed by atoms with E-state index in [-0.39, 0.29) is 11.7 Å². The molecule has 0 aromatic rings. The molecule has 1 amide bonds. The summed E-state index contributed by atoms with van der Waals surface area (Å²) in [7, 11) is 0. The molecule has 1 heterocycles. The van der Waals surface area contributed by atoms with Crippen molar-refractivity contribution in [3.8, 4) is 0 Å². The number of carbonyl (C=O) groups excluding carboxylic acids is 1. The summed E-state index contributed by atoms with van der Waals surface area (Å²) in [6.07, 6.45) is 6.67. The first-order valence-corrected chi connectivity index (χ1v) is 3.49. The van der Waals surface area contributed by atoms with Crippen LogP contribution in [-0.2, 0) is 4.79 Å². The largest absolute Gasteiger partial charge is 0.365 e. The van der Waals surface area contributed by atoms with Crippen molar-refractivity contribution in [2.24, 2.45) is 0 Å². The Morgan fingerprint density at radius 3 is 2.60 bits per heavy atom. The van der Waals surface area contributed by atoms with Crippen molar-refractivity contribution in [2.45, 2.75) is 0 Å². The van der Waals surface area contributed by atoms with Crippen LogP contribution in [0.5, 0.6) is 0 Å². The molecular weight excluding hydrogens is 148 g/mol. The Hall–Kier alpha value is -0.900. The number of hydrogen-bond acceptors (Lipinski definition) is 3. The molecule has 0 aliphatic carbocycles. The van der Waals surface area contributed by atoms with Crippen LogP contribution in [-0.4, -0.2) is 16.6 Å². The van der Waals surface area contributed by atoms with Gasteiger partial charge >= 0.3 is 0 Å². The molecule has 0 bridgehead atoms. The van der Waals surface area contributed by atoms with Gasteiger partial charge in [-0.1, -0.05) is 0 Å². The SMILES string of the molecule is O=C(CS)N1C=CNC=C1. The van der Waals surface area contributed by atoms with Crippen LogP contribution in [0, 0.1) is 0 Å². The fourth-order valence-electron chi connectivity index (χ4n) is 0.600. The van der Waals surface area contributed by atoms with Gasteiger partial charge in [-0.2, -0.15) is 12.6 Å². The van der Waals surface area contributed by atoms with Crippen molar-refractivity contribution in [2.75, 3.05) is 5.75 Å². The normalized spacial score (nSPS) is 15.1. The first-order chi connectivity index (χ1) is 4.84. The second-order valence-corrected chi connectivity index (χ2v) is 2.07. The van der Waals surface area contributed by atoms with Gasteiger partial charge in [0.15, 0.2) is 0 Å². The summed E-state index contributed by atoms with van der Waals surface area (Å²) in [5.41, 5.74) is 0. The molecule has 0 saturated heterocycles. The third-order valence-electron chi connectivity index (χ3n) is 1.09. The first-order valence-electron chi connectivity index (χ1n) is 2.86. The van der Waals surface area contributed by atoms with Gasteiger partial charge in [-0.25, -0.2) is 0 Å². The molecule has 1 rings (SSSR count).